The summed E-state index contributed by atoms with van der Waals surface area (Å²) in [5.41, 5.74) is 4.78. The van der Waals surface area contributed by atoms with Gasteiger partial charge in [-0.05, 0) is 37.4 Å². The molecular formula is C13H20F3N3. The van der Waals surface area contributed by atoms with Gasteiger partial charge in [0.1, 0.15) is 5.82 Å². The Hall–Kier alpha value is -1.30. The molecule has 0 saturated heterocycles. The molecule has 1 heterocycles. The Labute approximate surface area is 111 Å². The molecule has 1 rings (SSSR count). The van der Waals surface area contributed by atoms with Crippen LogP contribution in [0.3, 0.4) is 0 Å². The van der Waals surface area contributed by atoms with E-state index in [1.165, 1.54) is 12.3 Å². The number of hydrogen-bond donors (Lipinski definition) is 2. The van der Waals surface area contributed by atoms with E-state index in [2.05, 4.69) is 10.3 Å². The third kappa shape index (κ3) is 5.06. The third-order valence-electron chi connectivity index (χ3n) is 2.94. The normalized spacial score (nSPS) is 13.3. The predicted molar refractivity (Wildman–Crippen MR) is 69.8 cm³/mol. The number of nitrogens with two attached hydrogens (primary N) is 1. The van der Waals surface area contributed by atoms with Crippen LogP contribution in [0.4, 0.5) is 19.0 Å². The molecule has 6 heteroatoms. The number of hydrogen-bond acceptors (Lipinski definition) is 3. The molecule has 0 aliphatic carbocycles. The van der Waals surface area contributed by atoms with E-state index in [9.17, 15) is 13.2 Å². The van der Waals surface area contributed by atoms with Crippen LogP contribution in [-0.4, -0.2) is 18.1 Å². The minimum absolute atomic E-state index is 0.104. The zero-order valence-corrected chi connectivity index (χ0v) is 11.0. The first-order valence-corrected chi connectivity index (χ1v) is 6.45. The summed E-state index contributed by atoms with van der Waals surface area (Å²) in [4.78, 5) is 3.77. The number of aromatic nitrogens is 1. The summed E-state index contributed by atoms with van der Waals surface area (Å²) in [6.07, 6.45) is -0.297. The van der Waals surface area contributed by atoms with Crippen LogP contribution in [0.25, 0.3) is 0 Å². The molecule has 1 aromatic heterocycles. The van der Waals surface area contributed by atoms with Crippen molar-refractivity contribution in [3.63, 3.8) is 0 Å². The van der Waals surface area contributed by atoms with Crippen LogP contribution >= 0.6 is 0 Å². The Morgan fingerprint density at radius 1 is 1.37 bits per heavy atom. The van der Waals surface area contributed by atoms with Gasteiger partial charge in [-0.2, -0.15) is 13.2 Å². The van der Waals surface area contributed by atoms with Crippen LogP contribution in [0.1, 0.15) is 31.7 Å². The lowest BCUT2D eigenvalue weighted by molar-refractivity contribution is -0.137. The second-order valence-electron chi connectivity index (χ2n) is 4.51. The van der Waals surface area contributed by atoms with E-state index in [1.807, 2.05) is 6.92 Å². The number of nitrogens with one attached hydrogen (secondary N) is 1. The van der Waals surface area contributed by atoms with Gasteiger partial charge in [-0.3, -0.25) is 0 Å². The molecule has 0 bridgehead atoms. The molecule has 0 saturated carbocycles. The molecule has 3 N–H and O–H groups in total. The molecule has 1 atom stereocenters. The zero-order valence-electron chi connectivity index (χ0n) is 11.0. The quantitative estimate of drug-likeness (QED) is 0.803. The van der Waals surface area contributed by atoms with Crippen molar-refractivity contribution < 1.29 is 13.2 Å². The van der Waals surface area contributed by atoms with E-state index in [1.54, 1.807) is 0 Å². The molecule has 0 fully saturated rings. The van der Waals surface area contributed by atoms with Crippen molar-refractivity contribution in [1.29, 1.82) is 0 Å². The first kappa shape index (κ1) is 15.8. The summed E-state index contributed by atoms with van der Waals surface area (Å²) in [7, 11) is 0. The number of pyridine rings is 1. The Morgan fingerprint density at radius 3 is 2.68 bits per heavy atom. The smallest absolute Gasteiger partial charge is 0.369 e. The van der Waals surface area contributed by atoms with Gasteiger partial charge in [0.2, 0.25) is 0 Å². The van der Waals surface area contributed by atoms with Crippen LogP contribution in [0, 0.1) is 5.92 Å². The first-order chi connectivity index (χ1) is 8.99. The molecule has 0 aliphatic rings. The molecule has 0 spiro atoms. The molecule has 1 unspecified atom stereocenters. The largest absolute Gasteiger partial charge is 0.419 e. The van der Waals surface area contributed by atoms with Crippen LogP contribution in [0.15, 0.2) is 18.3 Å². The second kappa shape index (κ2) is 7.33. The van der Waals surface area contributed by atoms with Crippen LogP contribution < -0.4 is 11.1 Å². The van der Waals surface area contributed by atoms with Crippen molar-refractivity contribution in [2.75, 3.05) is 18.4 Å². The van der Waals surface area contributed by atoms with E-state index in [-0.39, 0.29) is 11.7 Å². The van der Waals surface area contributed by atoms with E-state index in [4.69, 9.17) is 5.73 Å². The van der Waals surface area contributed by atoms with E-state index in [0.717, 1.165) is 25.3 Å². The average Bonchev–Trinajstić information content (AvgIpc) is 2.36. The maximum Gasteiger partial charge on any atom is 0.419 e. The number of alkyl halides is 3. The molecular weight excluding hydrogens is 255 g/mol. The molecule has 0 radical (unpaired) electrons. The number of nitrogens with zero attached hydrogens (tertiary/aromatic N) is 1. The van der Waals surface area contributed by atoms with Crippen molar-refractivity contribution in [2.45, 2.75) is 32.4 Å². The fourth-order valence-electron chi connectivity index (χ4n) is 2.01. The highest BCUT2D eigenvalue weighted by Crippen LogP contribution is 2.33. The Bertz CT molecular complexity index is 374. The number of rotatable bonds is 7. The minimum atomic E-state index is -4.38. The van der Waals surface area contributed by atoms with E-state index < -0.39 is 11.7 Å². The van der Waals surface area contributed by atoms with Gasteiger partial charge in [-0.15, -0.1) is 0 Å². The summed E-state index contributed by atoms with van der Waals surface area (Å²) in [6, 6.07) is 2.32. The van der Waals surface area contributed by atoms with Gasteiger partial charge in [0, 0.05) is 12.7 Å². The maximum absolute atomic E-state index is 12.8. The van der Waals surface area contributed by atoms with Crippen LogP contribution in [-0.2, 0) is 6.18 Å². The average molecular weight is 275 g/mol. The lowest BCUT2D eigenvalue weighted by Crippen LogP contribution is -2.20. The van der Waals surface area contributed by atoms with Gasteiger partial charge in [-0.1, -0.05) is 13.3 Å². The zero-order chi connectivity index (χ0) is 14.3. The van der Waals surface area contributed by atoms with Crippen molar-refractivity contribution >= 4 is 5.82 Å². The summed E-state index contributed by atoms with van der Waals surface area (Å²) in [5, 5.41) is 2.80. The van der Waals surface area contributed by atoms with Crippen LogP contribution in [0.5, 0.6) is 0 Å². The SMILES string of the molecule is CCCC(CCN)CNc1ncccc1C(F)(F)F. The summed E-state index contributed by atoms with van der Waals surface area (Å²) in [5.74, 6) is 0.172. The fourth-order valence-corrected chi connectivity index (χ4v) is 2.01. The summed E-state index contributed by atoms with van der Waals surface area (Å²) >= 11 is 0. The highest BCUT2D eigenvalue weighted by molar-refractivity contribution is 5.45. The van der Waals surface area contributed by atoms with Gasteiger partial charge >= 0.3 is 6.18 Å². The minimum Gasteiger partial charge on any atom is -0.369 e. The maximum atomic E-state index is 12.8. The van der Waals surface area contributed by atoms with Gasteiger partial charge in [0.15, 0.2) is 0 Å². The molecule has 1 aromatic rings. The Kier molecular flexibility index (Phi) is 6.08. The number of halogens is 3. The lowest BCUT2D eigenvalue weighted by Gasteiger charge is -2.18. The summed E-state index contributed by atoms with van der Waals surface area (Å²) < 4.78 is 38.3. The molecule has 3 nitrogen and oxygen atoms in total. The van der Waals surface area contributed by atoms with Gasteiger partial charge < -0.3 is 11.1 Å². The lowest BCUT2D eigenvalue weighted by atomic mass is 10.00. The first-order valence-electron chi connectivity index (χ1n) is 6.45. The molecule has 108 valence electrons. The Balaban J connectivity index is 2.71. The third-order valence-corrected chi connectivity index (χ3v) is 2.94. The standard InChI is InChI=1S/C13H20F3N3/c1-2-4-10(6-7-17)9-19-12-11(13(14,15)16)5-3-8-18-12/h3,5,8,10H,2,4,6-7,9,17H2,1H3,(H,18,19). The second-order valence-corrected chi connectivity index (χ2v) is 4.51. The van der Waals surface area contributed by atoms with Gasteiger partial charge in [0.25, 0.3) is 0 Å². The van der Waals surface area contributed by atoms with Crippen molar-refractivity contribution in [3.05, 3.63) is 23.9 Å². The van der Waals surface area contributed by atoms with E-state index >= 15 is 0 Å². The highest BCUT2D eigenvalue weighted by atomic mass is 19.4. The number of anilines is 1. The van der Waals surface area contributed by atoms with Crippen molar-refractivity contribution in [1.82, 2.24) is 4.98 Å². The predicted octanol–water partition coefficient (Wildman–Crippen LogP) is 3.28. The fraction of sp³-hybridized carbons (Fsp3) is 0.615. The van der Waals surface area contributed by atoms with Crippen molar-refractivity contribution in [2.24, 2.45) is 11.7 Å². The molecule has 0 amide bonds. The molecule has 19 heavy (non-hydrogen) atoms. The molecule has 0 aromatic carbocycles. The highest BCUT2D eigenvalue weighted by Gasteiger charge is 2.34. The van der Waals surface area contributed by atoms with E-state index in [0.29, 0.717) is 13.1 Å². The monoisotopic (exact) mass is 275 g/mol. The Morgan fingerprint density at radius 2 is 2.11 bits per heavy atom. The topological polar surface area (TPSA) is 50.9 Å². The van der Waals surface area contributed by atoms with Crippen LogP contribution in [0.2, 0.25) is 0 Å². The summed E-state index contributed by atoms with van der Waals surface area (Å²) in [6.45, 7) is 3.05. The van der Waals surface area contributed by atoms with Gasteiger partial charge in [-0.25, -0.2) is 4.98 Å². The van der Waals surface area contributed by atoms with Crippen molar-refractivity contribution in [3.8, 4) is 0 Å². The molecule has 0 aliphatic heterocycles. The van der Waals surface area contributed by atoms with Gasteiger partial charge in [0.05, 0.1) is 5.56 Å².